The molecule has 2 heterocycles. The van der Waals surface area contributed by atoms with Crippen LogP contribution in [0.3, 0.4) is 0 Å². The van der Waals surface area contributed by atoms with Gasteiger partial charge in [0.25, 0.3) is 0 Å². The Kier molecular flexibility index (Phi) is 3.80. The number of aromatic amines is 1. The molecule has 4 aromatic rings. The molecule has 7 nitrogen and oxygen atoms in total. The van der Waals surface area contributed by atoms with Gasteiger partial charge in [0.15, 0.2) is 5.82 Å². The van der Waals surface area contributed by atoms with Crippen LogP contribution in [0.5, 0.6) is 0 Å². The second-order valence-electron chi connectivity index (χ2n) is 5.34. The molecule has 2 aromatic heterocycles. The monoisotopic (exact) mass is 329 g/mol. The molecule has 0 saturated heterocycles. The van der Waals surface area contributed by atoms with Gasteiger partial charge in [0.1, 0.15) is 5.82 Å². The number of hydrogen-bond acceptors (Lipinski definition) is 5. The molecular formula is C18H15N7. The minimum absolute atomic E-state index is 0.446. The van der Waals surface area contributed by atoms with Gasteiger partial charge >= 0.3 is 0 Å². The van der Waals surface area contributed by atoms with Gasteiger partial charge in [0.05, 0.1) is 17.4 Å². The highest BCUT2D eigenvalue weighted by molar-refractivity contribution is 5.83. The van der Waals surface area contributed by atoms with E-state index in [0.717, 1.165) is 16.8 Å². The highest BCUT2D eigenvalue weighted by Gasteiger charge is 2.18. The first-order valence-electron chi connectivity index (χ1n) is 7.73. The SMILES string of the molecule is Nc1c(-c2ccccc2)c(N=Nc2ccn[nH]2)nn1-c1ccccc1. The Morgan fingerprint density at radius 3 is 2.28 bits per heavy atom. The summed E-state index contributed by atoms with van der Waals surface area (Å²) in [5.74, 6) is 1.50. The van der Waals surface area contributed by atoms with Gasteiger partial charge in [0, 0.05) is 6.07 Å². The minimum atomic E-state index is 0.446. The Balaban J connectivity index is 1.87. The summed E-state index contributed by atoms with van der Waals surface area (Å²) in [6.07, 6.45) is 1.61. The van der Waals surface area contributed by atoms with E-state index in [-0.39, 0.29) is 0 Å². The number of nitrogens with zero attached hydrogens (tertiary/aromatic N) is 5. The zero-order chi connectivity index (χ0) is 17.1. The lowest BCUT2D eigenvalue weighted by atomic mass is 10.1. The molecule has 25 heavy (non-hydrogen) atoms. The number of hydrogen-bond donors (Lipinski definition) is 2. The summed E-state index contributed by atoms with van der Waals surface area (Å²) in [4.78, 5) is 0. The number of nitrogens with two attached hydrogens (primary N) is 1. The van der Waals surface area contributed by atoms with Crippen molar-refractivity contribution < 1.29 is 0 Å². The highest BCUT2D eigenvalue weighted by Crippen LogP contribution is 2.37. The molecule has 0 atom stereocenters. The Hall–Kier alpha value is -3.74. The smallest absolute Gasteiger partial charge is 0.206 e. The molecule has 7 heteroatoms. The molecule has 3 N–H and O–H groups in total. The van der Waals surface area contributed by atoms with E-state index >= 15 is 0 Å². The van der Waals surface area contributed by atoms with Crippen molar-refractivity contribution in [2.75, 3.05) is 5.73 Å². The van der Waals surface area contributed by atoms with Crippen molar-refractivity contribution >= 4 is 17.5 Å². The van der Waals surface area contributed by atoms with E-state index in [0.29, 0.717) is 17.5 Å². The molecule has 122 valence electrons. The number of benzene rings is 2. The van der Waals surface area contributed by atoms with Crippen LogP contribution in [0.15, 0.2) is 83.2 Å². The maximum Gasteiger partial charge on any atom is 0.206 e. The van der Waals surface area contributed by atoms with Crippen LogP contribution >= 0.6 is 0 Å². The molecule has 0 radical (unpaired) electrons. The fraction of sp³-hybridized carbons (Fsp3) is 0. The molecule has 0 aliphatic rings. The highest BCUT2D eigenvalue weighted by atomic mass is 15.4. The van der Waals surface area contributed by atoms with Crippen molar-refractivity contribution in [2.45, 2.75) is 0 Å². The van der Waals surface area contributed by atoms with Crippen molar-refractivity contribution in [1.82, 2.24) is 20.0 Å². The molecule has 0 fully saturated rings. The van der Waals surface area contributed by atoms with Crippen LogP contribution in [0.4, 0.5) is 17.5 Å². The molecule has 0 aliphatic heterocycles. The number of nitrogen functional groups attached to an aromatic ring is 1. The molecule has 0 saturated carbocycles. The van der Waals surface area contributed by atoms with Crippen molar-refractivity contribution in [3.63, 3.8) is 0 Å². The second-order valence-corrected chi connectivity index (χ2v) is 5.34. The molecule has 4 rings (SSSR count). The molecule has 0 aliphatic carbocycles. The Morgan fingerprint density at radius 2 is 1.60 bits per heavy atom. The van der Waals surface area contributed by atoms with Gasteiger partial charge in [-0.05, 0) is 17.7 Å². The van der Waals surface area contributed by atoms with Gasteiger partial charge in [0.2, 0.25) is 5.82 Å². The number of aromatic nitrogens is 4. The third kappa shape index (κ3) is 2.90. The summed E-state index contributed by atoms with van der Waals surface area (Å²) in [6.45, 7) is 0. The first-order chi connectivity index (χ1) is 12.3. The van der Waals surface area contributed by atoms with Crippen LogP contribution in [-0.2, 0) is 0 Å². The van der Waals surface area contributed by atoms with E-state index in [1.54, 1.807) is 16.9 Å². The van der Waals surface area contributed by atoms with Gasteiger partial charge in [-0.15, -0.1) is 15.3 Å². The van der Waals surface area contributed by atoms with Crippen LogP contribution in [0, 0.1) is 0 Å². The van der Waals surface area contributed by atoms with Gasteiger partial charge in [-0.2, -0.15) is 5.10 Å². The molecule has 0 amide bonds. The maximum atomic E-state index is 6.40. The van der Waals surface area contributed by atoms with E-state index in [4.69, 9.17) is 5.73 Å². The van der Waals surface area contributed by atoms with Crippen LogP contribution in [0.25, 0.3) is 16.8 Å². The largest absolute Gasteiger partial charge is 0.383 e. The van der Waals surface area contributed by atoms with E-state index in [2.05, 4.69) is 25.5 Å². The third-order valence-corrected chi connectivity index (χ3v) is 3.70. The quantitative estimate of drug-likeness (QED) is 0.547. The normalized spacial score (nSPS) is 11.2. The maximum absolute atomic E-state index is 6.40. The van der Waals surface area contributed by atoms with Crippen molar-refractivity contribution in [3.05, 3.63) is 72.9 Å². The predicted octanol–water partition coefficient (Wildman–Crippen LogP) is 4.26. The number of H-pyrrole nitrogens is 1. The van der Waals surface area contributed by atoms with Crippen LogP contribution in [-0.4, -0.2) is 20.0 Å². The van der Waals surface area contributed by atoms with E-state index in [1.165, 1.54) is 0 Å². The Bertz CT molecular complexity index is 987. The number of para-hydroxylation sites is 1. The van der Waals surface area contributed by atoms with Crippen molar-refractivity contribution in [3.8, 4) is 16.8 Å². The van der Waals surface area contributed by atoms with Crippen LogP contribution in [0.1, 0.15) is 0 Å². The van der Waals surface area contributed by atoms with Gasteiger partial charge in [-0.1, -0.05) is 48.5 Å². The first-order valence-corrected chi connectivity index (χ1v) is 7.73. The standard InChI is InChI=1S/C18H15N7/c19-17-16(13-7-3-1-4-8-13)18(23-22-15-11-12-20-21-15)24-25(17)14-9-5-2-6-10-14/h1-12H,19H2,(H,20,21). The summed E-state index contributed by atoms with van der Waals surface area (Å²) >= 11 is 0. The van der Waals surface area contributed by atoms with Gasteiger partial charge in [-0.25, -0.2) is 4.68 Å². The number of azo groups is 1. The van der Waals surface area contributed by atoms with Crippen molar-refractivity contribution in [2.24, 2.45) is 10.2 Å². The summed E-state index contributed by atoms with van der Waals surface area (Å²) in [5, 5.41) is 19.6. The first kappa shape index (κ1) is 14.8. The Morgan fingerprint density at radius 1 is 0.880 bits per heavy atom. The van der Waals surface area contributed by atoms with Gasteiger partial charge < -0.3 is 5.73 Å². The van der Waals surface area contributed by atoms with Crippen molar-refractivity contribution in [1.29, 1.82) is 0 Å². The van der Waals surface area contributed by atoms with Crippen LogP contribution < -0.4 is 5.73 Å². The average Bonchev–Trinajstić information content (AvgIpc) is 3.29. The summed E-state index contributed by atoms with van der Waals surface area (Å²) in [5.41, 5.74) is 8.93. The summed E-state index contributed by atoms with van der Waals surface area (Å²) < 4.78 is 1.67. The Labute approximate surface area is 143 Å². The molecule has 2 aromatic carbocycles. The average molecular weight is 329 g/mol. The summed E-state index contributed by atoms with van der Waals surface area (Å²) in [6, 6.07) is 21.2. The number of nitrogens with one attached hydrogen (secondary N) is 1. The summed E-state index contributed by atoms with van der Waals surface area (Å²) in [7, 11) is 0. The lowest BCUT2D eigenvalue weighted by Crippen LogP contribution is -2.01. The third-order valence-electron chi connectivity index (χ3n) is 3.70. The van der Waals surface area contributed by atoms with E-state index in [9.17, 15) is 0 Å². The minimum Gasteiger partial charge on any atom is -0.383 e. The zero-order valence-electron chi connectivity index (χ0n) is 13.2. The van der Waals surface area contributed by atoms with E-state index in [1.807, 2.05) is 60.7 Å². The van der Waals surface area contributed by atoms with E-state index < -0.39 is 0 Å². The zero-order valence-corrected chi connectivity index (χ0v) is 13.2. The molecule has 0 bridgehead atoms. The molecule has 0 spiro atoms. The predicted molar refractivity (Wildman–Crippen MR) is 96.2 cm³/mol. The second kappa shape index (κ2) is 6.40. The molecular weight excluding hydrogens is 314 g/mol. The fourth-order valence-electron chi connectivity index (χ4n) is 2.54. The van der Waals surface area contributed by atoms with Gasteiger partial charge in [-0.3, -0.25) is 5.10 Å². The fourth-order valence-corrected chi connectivity index (χ4v) is 2.54. The number of anilines is 1. The molecule has 0 unspecified atom stereocenters. The lowest BCUT2D eigenvalue weighted by molar-refractivity contribution is 0.884. The lowest BCUT2D eigenvalue weighted by Gasteiger charge is -2.04. The van der Waals surface area contributed by atoms with Crippen LogP contribution in [0.2, 0.25) is 0 Å². The topological polar surface area (TPSA) is 97.2 Å². The number of rotatable bonds is 4.